The zero-order valence-corrected chi connectivity index (χ0v) is 24.0. The van der Waals surface area contributed by atoms with E-state index in [4.69, 9.17) is 9.47 Å². The minimum absolute atomic E-state index is 0.334. The van der Waals surface area contributed by atoms with Gasteiger partial charge in [-0.15, -0.1) is 6.58 Å². The summed E-state index contributed by atoms with van der Waals surface area (Å²) in [5, 5.41) is 0. The van der Waals surface area contributed by atoms with Crippen LogP contribution in [0.5, 0.6) is 11.5 Å². The van der Waals surface area contributed by atoms with E-state index in [0.717, 1.165) is 42.8 Å². The van der Waals surface area contributed by atoms with Gasteiger partial charge in [-0.25, -0.2) is 4.79 Å². The average Bonchev–Trinajstić information content (AvgIpc) is 2.95. The molecule has 0 radical (unpaired) electrons. The van der Waals surface area contributed by atoms with Crippen molar-refractivity contribution in [1.29, 1.82) is 0 Å². The normalized spacial score (nSPS) is 18.1. The van der Waals surface area contributed by atoms with Crippen molar-refractivity contribution in [3.05, 3.63) is 72.3 Å². The molecule has 1 atom stereocenters. The SMILES string of the molecule is C=CCCCC1CCC(CCc2ccc(OC(=O)c3ccc(OCCCCC[C@@H](C)CC)cc3)cc2)CC1. The summed E-state index contributed by atoms with van der Waals surface area (Å²) >= 11 is 0. The van der Waals surface area contributed by atoms with Gasteiger partial charge in [0.25, 0.3) is 0 Å². The Balaban J connectivity index is 1.32. The number of hydrogen-bond donors (Lipinski definition) is 0. The molecule has 0 amide bonds. The first-order chi connectivity index (χ1) is 18.6. The van der Waals surface area contributed by atoms with E-state index >= 15 is 0 Å². The largest absolute Gasteiger partial charge is 0.494 e. The van der Waals surface area contributed by atoms with Crippen LogP contribution in [-0.4, -0.2) is 12.6 Å². The molecule has 0 heterocycles. The van der Waals surface area contributed by atoms with Gasteiger partial charge in [-0.3, -0.25) is 0 Å². The molecule has 2 aromatic rings. The predicted molar refractivity (Wildman–Crippen MR) is 159 cm³/mol. The predicted octanol–water partition coefficient (Wildman–Crippen LogP) is 9.99. The molecule has 1 aliphatic carbocycles. The van der Waals surface area contributed by atoms with Crippen LogP contribution in [0.25, 0.3) is 0 Å². The molecule has 0 bridgehead atoms. The Morgan fingerprint density at radius 2 is 1.55 bits per heavy atom. The van der Waals surface area contributed by atoms with Gasteiger partial charge in [-0.05, 0) is 91.8 Å². The summed E-state index contributed by atoms with van der Waals surface area (Å²) in [5.41, 5.74) is 1.86. The summed E-state index contributed by atoms with van der Waals surface area (Å²) in [4.78, 5) is 12.6. The fourth-order valence-electron chi connectivity index (χ4n) is 5.47. The molecule has 0 saturated heterocycles. The van der Waals surface area contributed by atoms with E-state index in [1.807, 2.05) is 30.3 Å². The molecule has 38 heavy (non-hydrogen) atoms. The second-order valence-corrected chi connectivity index (χ2v) is 11.4. The molecule has 0 aliphatic heterocycles. The third kappa shape index (κ3) is 11.1. The highest BCUT2D eigenvalue weighted by atomic mass is 16.5. The zero-order valence-electron chi connectivity index (χ0n) is 24.0. The van der Waals surface area contributed by atoms with Crippen LogP contribution in [0.15, 0.2) is 61.2 Å². The number of esters is 1. The molecule has 208 valence electrons. The minimum atomic E-state index is -0.334. The Bertz CT molecular complexity index is 923. The van der Waals surface area contributed by atoms with E-state index in [2.05, 4.69) is 32.6 Å². The Hall–Kier alpha value is -2.55. The number of carbonyl (C=O) groups excluding carboxylic acids is 1. The van der Waals surface area contributed by atoms with Crippen molar-refractivity contribution in [2.45, 2.75) is 104 Å². The number of unbranched alkanes of at least 4 members (excludes halogenated alkanes) is 3. The molecule has 0 N–H and O–H groups in total. The van der Waals surface area contributed by atoms with Crippen molar-refractivity contribution in [1.82, 2.24) is 0 Å². The third-order valence-corrected chi connectivity index (χ3v) is 8.36. The van der Waals surface area contributed by atoms with Gasteiger partial charge in [-0.2, -0.15) is 0 Å². The van der Waals surface area contributed by atoms with E-state index in [0.29, 0.717) is 17.9 Å². The number of allylic oxidation sites excluding steroid dienone is 1. The Kier molecular flexibility index (Phi) is 13.5. The Morgan fingerprint density at radius 1 is 0.895 bits per heavy atom. The molecule has 1 aliphatic rings. The molecule has 1 saturated carbocycles. The standard InChI is InChI=1S/C35H50O3/c1-4-6-8-12-29-13-15-30(16-14-29)17-18-31-19-23-34(24-20-31)38-35(36)32-21-25-33(26-22-32)37-27-10-7-9-11-28(3)5-2/h4,19-26,28-30H,1,5-18,27H2,2-3H3/t28-,29?,30?/m0/s1. The number of carbonyl (C=O) groups is 1. The van der Waals surface area contributed by atoms with Gasteiger partial charge in [0.2, 0.25) is 0 Å². The third-order valence-electron chi connectivity index (χ3n) is 8.36. The van der Waals surface area contributed by atoms with Crippen LogP contribution in [0.3, 0.4) is 0 Å². The summed E-state index contributed by atoms with van der Waals surface area (Å²) in [5.74, 6) is 3.66. The quantitative estimate of drug-likeness (QED) is 0.0904. The van der Waals surface area contributed by atoms with Gasteiger partial charge in [0.1, 0.15) is 11.5 Å². The van der Waals surface area contributed by atoms with Gasteiger partial charge in [0, 0.05) is 0 Å². The fourth-order valence-corrected chi connectivity index (χ4v) is 5.47. The van der Waals surface area contributed by atoms with Crippen LogP contribution < -0.4 is 9.47 Å². The summed E-state index contributed by atoms with van der Waals surface area (Å²) in [6, 6.07) is 15.3. The number of hydrogen-bond acceptors (Lipinski definition) is 3. The fraction of sp³-hybridized carbons (Fsp3) is 0.571. The maximum Gasteiger partial charge on any atom is 0.343 e. The first-order valence-electron chi connectivity index (χ1n) is 15.2. The smallest absolute Gasteiger partial charge is 0.343 e. The molecular formula is C35H50O3. The van der Waals surface area contributed by atoms with Crippen molar-refractivity contribution in [2.75, 3.05) is 6.61 Å². The van der Waals surface area contributed by atoms with Crippen LogP contribution >= 0.6 is 0 Å². The van der Waals surface area contributed by atoms with Gasteiger partial charge in [0.15, 0.2) is 0 Å². The molecule has 0 unspecified atom stereocenters. The lowest BCUT2D eigenvalue weighted by Gasteiger charge is -2.28. The van der Waals surface area contributed by atoms with Gasteiger partial charge in [0.05, 0.1) is 12.2 Å². The van der Waals surface area contributed by atoms with Crippen LogP contribution in [0.4, 0.5) is 0 Å². The van der Waals surface area contributed by atoms with E-state index in [1.165, 1.54) is 76.2 Å². The van der Waals surface area contributed by atoms with E-state index < -0.39 is 0 Å². The molecule has 3 nitrogen and oxygen atoms in total. The highest BCUT2D eigenvalue weighted by molar-refractivity contribution is 5.91. The second-order valence-electron chi connectivity index (χ2n) is 11.4. The first-order valence-corrected chi connectivity index (χ1v) is 15.2. The zero-order chi connectivity index (χ0) is 27.0. The minimum Gasteiger partial charge on any atom is -0.494 e. The maximum atomic E-state index is 12.6. The van der Waals surface area contributed by atoms with E-state index in [-0.39, 0.29) is 5.97 Å². The lowest BCUT2D eigenvalue weighted by molar-refractivity contribution is 0.0734. The van der Waals surface area contributed by atoms with Crippen molar-refractivity contribution in [3.63, 3.8) is 0 Å². The van der Waals surface area contributed by atoms with Gasteiger partial charge < -0.3 is 9.47 Å². The number of aryl methyl sites for hydroxylation is 1. The van der Waals surface area contributed by atoms with Crippen molar-refractivity contribution >= 4 is 5.97 Å². The van der Waals surface area contributed by atoms with Crippen LogP contribution in [0.1, 0.15) is 113 Å². The topological polar surface area (TPSA) is 35.5 Å². The van der Waals surface area contributed by atoms with Crippen molar-refractivity contribution in [2.24, 2.45) is 17.8 Å². The number of benzene rings is 2. The summed E-state index contributed by atoms with van der Waals surface area (Å²) in [6.07, 6.45) is 19.8. The van der Waals surface area contributed by atoms with Crippen LogP contribution in [0, 0.1) is 17.8 Å². The summed E-state index contributed by atoms with van der Waals surface area (Å²) in [6.45, 7) is 9.12. The number of rotatable bonds is 17. The molecule has 1 fully saturated rings. The molecule has 0 spiro atoms. The average molecular weight is 519 g/mol. The lowest BCUT2D eigenvalue weighted by atomic mass is 9.78. The highest BCUT2D eigenvalue weighted by Gasteiger charge is 2.20. The van der Waals surface area contributed by atoms with E-state index in [1.54, 1.807) is 12.1 Å². The lowest BCUT2D eigenvalue weighted by Crippen LogP contribution is -2.15. The van der Waals surface area contributed by atoms with Crippen molar-refractivity contribution in [3.8, 4) is 11.5 Å². The van der Waals surface area contributed by atoms with Crippen molar-refractivity contribution < 1.29 is 14.3 Å². The molecule has 3 heteroatoms. The van der Waals surface area contributed by atoms with Gasteiger partial charge >= 0.3 is 5.97 Å². The summed E-state index contributed by atoms with van der Waals surface area (Å²) in [7, 11) is 0. The van der Waals surface area contributed by atoms with E-state index in [9.17, 15) is 4.79 Å². The second kappa shape index (κ2) is 17.1. The number of ether oxygens (including phenoxy) is 2. The van der Waals surface area contributed by atoms with Crippen LogP contribution in [-0.2, 0) is 6.42 Å². The molecule has 2 aromatic carbocycles. The highest BCUT2D eigenvalue weighted by Crippen LogP contribution is 2.34. The monoisotopic (exact) mass is 518 g/mol. The molecule has 3 rings (SSSR count). The van der Waals surface area contributed by atoms with Crippen LogP contribution in [0.2, 0.25) is 0 Å². The molecular weight excluding hydrogens is 468 g/mol. The first kappa shape index (κ1) is 30.0. The summed E-state index contributed by atoms with van der Waals surface area (Å²) < 4.78 is 11.5. The maximum absolute atomic E-state index is 12.6. The Morgan fingerprint density at radius 3 is 2.21 bits per heavy atom. The van der Waals surface area contributed by atoms with Gasteiger partial charge in [-0.1, -0.05) is 89.8 Å². The molecule has 0 aromatic heterocycles. The Labute approximate surface area is 232 Å².